The maximum Gasteiger partial charge on any atom is 0.320 e. The fourth-order valence-electron chi connectivity index (χ4n) is 3.46. The van der Waals surface area contributed by atoms with Gasteiger partial charge in [-0.1, -0.05) is 60.7 Å². The van der Waals surface area contributed by atoms with Crippen molar-refractivity contribution in [3.63, 3.8) is 0 Å². The molecule has 0 spiro atoms. The number of benzene rings is 3. The number of halogens is 5. The number of rotatable bonds is 2. The predicted molar refractivity (Wildman–Crippen MR) is 108 cm³/mol. The van der Waals surface area contributed by atoms with Crippen LogP contribution in [0.4, 0.5) is 22.0 Å². The van der Waals surface area contributed by atoms with E-state index in [1.54, 1.807) is 0 Å². The predicted octanol–water partition coefficient (Wildman–Crippen LogP) is 5.65. The monoisotopic (exact) mass is 449 g/mol. The quantitative estimate of drug-likeness (QED) is 0.219. The van der Waals surface area contributed by atoms with Gasteiger partial charge < -0.3 is 4.74 Å². The molecule has 0 amide bonds. The highest BCUT2D eigenvalue weighted by molar-refractivity contribution is 5.73. The third-order valence-corrected chi connectivity index (χ3v) is 5.10. The lowest BCUT2D eigenvalue weighted by Gasteiger charge is -2.38. The first-order valence-corrected chi connectivity index (χ1v) is 9.70. The molecule has 1 heterocycles. The zero-order valence-corrected chi connectivity index (χ0v) is 17.3. The van der Waals surface area contributed by atoms with E-state index in [2.05, 4.69) is 17.0 Å². The number of carbonyl (C=O) groups is 1. The summed E-state index contributed by atoms with van der Waals surface area (Å²) in [4.78, 5) is 13.8. The Labute approximate surface area is 182 Å². The van der Waals surface area contributed by atoms with Gasteiger partial charge in [-0.25, -0.2) is 22.0 Å². The molecule has 2 unspecified atom stereocenters. The van der Waals surface area contributed by atoms with Crippen LogP contribution < -0.4 is 0 Å². The number of esters is 1. The largest absolute Gasteiger partial charge is 0.454 e. The first-order chi connectivity index (χ1) is 15.2. The van der Waals surface area contributed by atoms with Crippen LogP contribution in [0, 0.1) is 36.0 Å². The lowest BCUT2D eigenvalue weighted by molar-refractivity contribution is -0.164. The number of cyclic esters (lactones) is 1. The van der Waals surface area contributed by atoms with Gasteiger partial charge >= 0.3 is 5.97 Å². The molecule has 32 heavy (non-hydrogen) atoms. The summed E-state index contributed by atoms with van der Waals surface area (Å²) < 4.78 is 67.2. The number of hydrogen-bond donors (Lipinski definition) is 0. The van der Waals surface area contributed by atoms with E-state index in [1.165, 1.54) is 0 Å². The second-order valence-corrected chi connectivity index (χ2v) is 7.29. The molecule has 4 rings (SSSR count). The van der Waals surface area contributed by atoms with Gasteiger partial charge in [-0.15, -0.1) is 0 Å². The van der Waals surface area contributed by atoms with Gasteiger partial charge in [0.15, 0.2) is 23.3 Å². The van der Waals surface area contributed by atoms with E-state index < -0.39 is 34.6 Å². The summed E-state index contributed by atoms with van der Waals surface area (Å²) in [5, 5.41) is 0. The van der Waals surface area contributed by atoms with Crippen molar-refractivity contribution in [2.75, 3.05) is 13.6 Å². The van der Waals surface area contributed by atoms with Crippen LogP contribution in [0.25, 0.3) is 0 Å². The number of hydrogen-bond acceptors (Lipinski definition) is 3. The standard InChI is InChI=1S/C17H17NO2.C7H3F5/c1-18-12-15(19)20-17(14-10-6-3-7-11-14)16(18)13-8-4-2-5-9-13;1-2-3(8)5(10)7(12)6(11)4(2)9/h2-11,16-17H,12H2,1H3;1H3. The van der Waals surface area contributed by atoms with Crippen LogP contribution in [0.15, 0.2) is 60.7 Å². The van der Waals surface area contributed by atoms with Gasteiger partial charge in [0.25, 0.3) is 0 Å². The highest BCUT2D eigenvalue weighted by Gasteiger charge is 2.36. The fourth-order valence-corrected chi connectivity index (χ4v) is 3.46. The highest BCUT2D eigenvalue weighted by Crippen LogP contribution is 2.38. The lowest BCUT2D eigenvalue weighted by atomic mass is 9.93. The molecule has 0 radical (unpaired) electrons. The normalized spacial score (nSPS) is 18.5. The molecule has 1 aliphatic rings. The molecule has 3 aromatic carbocycles. The van der Waals surface area contributed by atoms with Gasteiger partial charge in [0, 0.05) is 5.56 Å². The van der Waals surface area contributed by atoms with Crippen LogP contribution >= 0.6 is 0 Å². The van der Waals surface area contributed by atoms with E-state index in [0.717, 1.165) is 18.1 Å². The van der Waals surface area contributed by atoms with Crippen molar-refractivity contribution in [1.82, 2.24) is 4.90 Å². The molecule has 0 saturated carbocycles. The number of likely N-dealkylation sites (N-methyl/N-ethyl adjacent to an activating group) is 1. The van der Waals surface area contributed by atoms with Crippen LogP contribution in [0.3, 0.4) is 0 Å². The first kappa shape index (κ1) is 23.4. The van der Waals surface area contributed by atoms with Crippen molar-refractivity contribution in [2.45, 2.75) is 19.1 Å². The molecule has 0 aliphatic carbocycles. The number of ether oxygens (including phenoxy) is 1. The van der Waals surface area contributed by atoms with Gasteiger partial charge in [0.1, 0.15) is 6.10 Å². The highest BCUT2D eigenvalue weighted by atomic mass is 19.2. The average molecular weight is 449 g/mol. The van der Waals surface area contributed by atoms with Gasteiger partial charge in [-0.2, -0.15) is 0 Å². The zero-order chi connectivity index (χ0) is 23.4. The summed E-state index contributed by atoms with van der Waals surface area (Å²) in [6, 6.07) is 20.2. The van der Waals surface area contributed by atoms with Gasteiger partial charge in [-0.05, 0) is 25.1 Å². The third kappa shape index (κ3) is 4.80. The summed E-state index contributed by atoms with van der Waals surface area (Å²) in [5.74, 6) is -9.69. The Hall–Kier alpha value is -3.26. The van der Waals surface area contributed by atoms with E-state index >= 15 is 0 Å². The van der Waals surface area contributed by atoms with Crippen LogP contribution in [0.5, 0.6) is 0 Å². The summed E-state index contributed by atoms with van der Waals surface area (Å²) in [6.07, 6.45) is -0.259. The molecule has 0 bridgehead atoms. The minimum Gasteiger partial charge on any atom is -0.454 e. The summed E-state index contributed by atoms with van der Waals surface area (Å²) in [6.45, 7) is 1.14. The van der Waals surface area contributed by atoms with Gasteiger partial charge in [-0.3, -0.25) is 9.69 Å². The van der Waals surface area contributed by atoms with Crippen LogP contribution in [0.1, 0.15) is 28.8 Å². The molecular formula is C24H20F5NO2. The molecular weight excluding hydrogens is 429 g/mol. The van der Waals surface area contributed by atoms with Crippen LogP contribution in [-0.2, 0) is 9.53 Å². The van der Waals surface area contributed by atoms with Crippen LogP contribution in [-0.4, -0.2) is 24.5 Å². The molecule has 168 valence electrons. The minimum absolute atomic E-state index is 0.0521. The van der Waals surface area contributed by atoms with E-state index in [1.807, 2.05) is 55.6 Å². The Balaban J connectivity index is 0.000000207. The zero-order valence-electron chi connectivity index (χ0n) is 17.3. The lowest BCUT2D eigenvalue weighted by Crippen LogP contribution is -2.41. The van der Waals surface area contributed by atoms with Crippen LogP contribution in [0.2, 0.25) is 0 Å². The van der Waals surface area contributed by atoms with E-state index in [0.29, 0.717) is 6.54 Å². The summed E-state index contributed by atoms with van der Waals surface area (Å²) in [7, 11) is 1.97. The van der Waals surface area contributed by atoms with Crippen molar-refractivity contribution in [3.8, 4) is 0 Å². The average Bonchev–Trinajstić information content (AvgIpc) is 2.81. The van der Waals surface area contributed by atoms with E-state index in [9.17, 15) is 26.7 Å². The van der Waals surface area contributed by atoms with Gasteiger partial charge in [0.05, 0.1) is 12.6 Å². The second kappa shape index (κ2) is 9.91. The Morgan fingerprint density at radius 1 is 0.750 bits per heavy atom. The topological polar surface area (TPSA) is 29.5 Å². The molecule has 8 heteroatoms. The molecule has 0 N–H and O–H groups in total. The molecule has 1 saturated heterocycles. The maximum atomic E-state index is 12.4. The second-order valence-electron chi connectivity index (χ2n) is 7.29. The smallest absolute Gasteiger partial charge is 0.320 e. The molecule has 3 aromatic rings. The molecule has 1 fully saturated rings. The Bertz CT molecular complexity index is 988. The SMILES string of the molecule is CN1CC(=O)OC(c2ccccc2)C1c1ccccc1.Cc1c(F)c(F)c(F)c(F)c1F. The van der Waals surface area contributed by atoms with Crippen molar-refractivity contribution in [3.05, 3.63) is 106 Å². The number of morpholine rings is 1. The summed E-state index contributed by atoms with van der Waals surface area (Å²) >= 11 is 0. The minimum atomic E-state index is -2.13. The Morgan fingerprint density at radius 3 is 1.69 bits per heavy atom. The van der Waals surface area contributed by atoms with Crippen molar-refractivity contribution < 1.29 is 31.5 Å². The molecule has 1 aliphatic heterocycles. The van der Waals surface area contributed by atoms with Crippen molar-refractivity contribution in [1.29, 1.82) is 0 Å². The third-order valence-electron chi connectivity index (χ3n) is 5.10. The number of nitrogens with zero attached hydrogens (tertiary/aromatic N) is 1. The maximum absolute atomic E-state index is 12.4. The number of carbonyl (C=O) groups excluding carboxylic acids is 1. The molecule has 2 atom stereocenters. The Kier molecular flexibility index (Phi) is 7.25. The van der Waals surface area contributed by atoms with E-state index in [4.69, 9.17) is 4.74 Å². The molecule has 0 aromatic heterocycles. The van der Waals surface area contributed by atoms with Crippen molar-refractivity contribution >= 4 is 5.97 Å². The molecule has 3 nitrogen and oxygen atoms in total. The van der Waals surface area contributed by atoms with Crippen molar-refractivity contribution in [2.24, 2.45) is 0 Å². The van der Waals surface area contributed by atoms with Gasteiger partial charge in [0.2, 0.25) is 5.82 Å². The summed E-state index contributed by atoms with van der Waals surface area (Å²) in [5.41, 5.74) is 1.32. The fraction of sp³-hybridized carbons (Fsp3) is 0.208. The Morgan fingerprint density at radius 2 is 1.19 bits per heavy atom. The first-order valence-electron chi connectivity index (χ1n) is 9.70. The van der Waals surface area contributed by atoms with E-state index in [-0.39, 0.29) is 18.1 Å².